The van der Waals surface area contributed by atoms with E-state index in [0.717, 1.165) is 12.0 Å². The first-order chi connectivity index (χ1) is 7.85. The van der Waals surface area contributed by atoms with Crippen molar-refractivity contribution >= 4 is 34.8 Å². The molecule has 0 aliphatic carbocycles. The van der Waals surface area contributed by atoms with Crippen LogP contribution in [0.4, 0.5) is 0 Å². The Morgan fingerprint density at radius 1 is 1.29 bits per heavy atom. The summed E-state index contributed by atoms with van der Waals surface area (Å²) in [7, 11) is 1.89. The van der Waals surface area contributed by atoms with Crippen LogP contribution in [0.5, 0.6) is 5.75 Å². The second-order valence-corrected chi connectivity index (χ2v) is 6.00. The van der Waals surface area contributed by atoms with Gasteiger partial charge < -0.3 is 10.1 Å². The van der Waals surface area contributed by atoms with Gasteiger partial charge in [0.05, 0.1) is 15.1 Å². The molecule has 94 valence electrons. The van der Waals surface area contributed by atoms with Crippen LogP contribution < -0.4 is 10.1 Å². The Morgan fingerprint density at radius 3 is 2.53 bits per heavy atom. The Kier molecular flexibility index (Phi) is 3.52. The fraction of sp³-hybridized carbons (Fsp3) is 0.500. The van der Waals surface area contributed by atoms with E-state index in [2.05, 4.69) is 5.32 Å². The fourth-order valence-corrected chi connectivity index (χ4v) is 2.96. The summed E-state index contributed by atoms with van der Waals surface area (Å²) in [6.45, 7) is 4.05. The molecule has 1 N–H and O–H groups in total. The Bertz CT molecular complexity index is 460. The Balaban J connectivity index is 2.64. The van der Waals surface area contributed by atoms with Crippen molar-refractivity contribution in [3.05, 3.63) is 26.7 Å². The van der Waals surface area contributed by atoms with Crippen molar-refractivity contribution in [3.63, 3.8) is 0 Å². The summed E-state index contributed by atoms with van der Waals surface area (Å²) < 4.78 is 5.90. The van der Waals surface area contributed by atoms with Gasteiger partial charge in [0.2, 0.25) is 0 Å². The summed E-state index contributed by atoms with van der Waals surface area (Å²) in [5.74, 6) is 0.636. The van der Waals surface area contributed by atoms with Crippen LogP contribution in [-0.4, -0.2) is 12.6 Å². The van der Waals surface area contributed by atoms with Crippen LogP contribution >= 0.6 is 34.8 Å². The Labute approximate surface area is 116 Å². The van der Waals surface area contributed by atoms with Gasteiger partial charge in [-0.15, -0.1) is 0 Å². The molecule has 0 saturated heterocycles. The zero-order valence-corrected chi connectivity index (χ0v) is 12.2. The topological polar surface area (TPSA) is 21.3 Å². The van der Waals surface area contributed by atoms with Gasteiger partial charge in [0, 0.05) is 18.0 Å². The van der Waals surface area contributed by atoms with Crippen molar-refractivity contribution in [2.75, 3.05) is 7.05 Å². The molecule has 5 heteroatoms. The molecule has 2 rings (SSSR count). The zero-order chi connectivity index (χ0) is 12.8. The van der Waals surface area contributed by atoms with Crippen LogP contribution in [-0.2, 0) is 0 Å². The average Bonchev–Trinajstić information content (AvgIpc) is 2.24. The summed E-state index contributed by atoms with van der Waals surface area (Å²) in [6, 6.07) is 1.72. The predicted octanol–water partition coefficient (Wildman–Crippen LogP) is 4.47. The highest BCUT2D eigenvalue weighted by Gasteiger charge is 2.36. The average molecular weight is 295 g/mol. The normalized spacial score (nSPS) is 21.9. The van der Waals surface area contributed by atoms with Gasteiger partial charge in [0.25, 0.3) is 0 Å². The third-order valence-corrected chi connectivity index (χ3v) is 4.01. The lowest BCUT2D eigenvalue weighted by molar-refractivity contribution is 0.0677. The maximum absolute atomic E-state index is 6.24. The summed E-state index contributed by atoms with van der Waals surface area (Å²) in [5.41, 5.74) is 0.576. The van der Waals surface area contributed by atoms with E-state index in [-0.39, 0.29) is 11.6 Å². The minimum atomic E-state index is -0.276. The molecule has 0 fully saturated rings. The highest BCUT2D eigenvalue weighted by molar-refractivity contribution is 6.44. The Morgan fingerprint density at radius 2 is 1.94 bits per heavy atom. The summed E-state index contributed by atoms with van der Waals surface area (Å²) in [6.07, 6.45) is 0.812. The number of ether oxygens (including phenoxy) is 1. The molecule has 0 saturated carbocycles. The van der Waals surface area contributed by atoms with E-state index in [1.165, 1.54) is 0 Å². The molecule has 0 amide bonds. The molecular formula is C12H14Cl3NO. The largest absolute Gasteiger partial charge is 0.486 e. The standard InChI is InChI=1S/C12H14Cl3NO/c1-12(2)5-8(16-3)9-10(15)6(13)4-7(14)11(9)17-12/h4,8,16H,5H2,1-3H3. The predicted molar refractivity (Wildman–Crippen MR) is 72.6 cm³/mol. The van der Waals surface area contributed by atoms with Gasteiger partial charge in [0.1, 0.15) is 11.4 Å². The van der Waals surface area contributed by atoms with Gasteiger partial charge in [-0.1, -0.05) is 34.8 Å². The van der Waals surface area contributed by atoms with Gasteiger partial charge in [-0.25, -0.2) is 0 Å². The van der Waals surface area contributed by atoms with Crippen LogP contribution in [0.1, 0.15) is 31.9 Å². The minimum absolute atomic E-state index is 0.0949. The van der Waals surface area contributed by atoms with Crippen LogP contribution in [0.2, 0.25) is 15.1 Å². The van der Waals surface area contributed by atoms with Crippen molar-refractivity contribution in [1.29, 1.82) is 0 Å². The minimum Gasteiger partial charge on any atom is -0.486 e. The lowest BCUT2D eigenvalue weighted by Crippen LogP contribution is -2.38. The molecule has 1 heterocycles. The first-order valence-electron chi connectivity index (χ1n) is 5.39. The first kappa shape index (κ1) is 13.3. The van der Waals surface area contributed by atoms with E-state index in [9.17, 15) is 0 Å². The van der Waals surface area contributed by atoms with Crippen LogP contribution in [0.3, 0.4) is 0 Å². The van der Waals surface area contributed by atoms with Gasteiger partial charge in [-0.3, -0.25) is 0 Å². The molecule has 0 spiro atoms. The van der Waals surface area contributed by atoms with Gasteiger partial charge in [0.15, 0.2) is 0 Å². The molecule has 1 aliphatic heterocycles. The van der Waals surface area contributed by atoms with Crippen molar-refractivity contribution in [1.82, 2.24) is 5.32 Å². The lowest BCUT2D eigenvalue weighted by atomic mass is 9.90. The number of fused-ring (bicyclic) bond motifs is 1. The molecule has 0 aromatic heterocycles. The molecular weight excluding hydrogens is 280 g/mol. The highest BCUT2D eigenvalue weighted by atomic mass is 35.5. The molecule has 1 aromatic carbocycles. The maximum Gasteiger partial charge on any atom is 0.145 e. The van der Waals surface area contributed by atoms with E-state index in [0.29, 0.717) is 20.8 Å². The second-order valence-electron chi connectivity index (χ2n) is 4.80. The third-order valence-electron chi connectivity index (χ3n) is 2.93. The van der Waals surface area contributed by atoms with Crippen LogP contribution in [0, 0.1) is 0 Å². The zero-order valence-electron chi connectivity index (χ0n) is 9.90. The quantitative estimate of drug-likeness (QED) is 0.772. The lowest BCUT2D eigenvalue weighted by Gasteiger charge is -2.38. The molecule has 0 bridgehead atoms. The summed E-state index contributed by atoms with van der Waals surface area (Å²) >= 11 is 18.5. The van der Waals surface area contributed by atoms with Gasteiger partial charge in [-0.2, -0.15) is 0 Å². The van der Waals surface area contributed by atoms with E-state index in [1.807, 2.05) is 20.9 Å². The fourth-order valence-electron chi connectivity index (χ4n) is 2.17. The van der Waals surface area contributed by atoms with Crippen molar-refractivity contribution in [2.24, 2.45) is 0 Å². The molecule has 2 nitrogen and oxygen atoms in total. The monoisotopic (exact) mass is 293 g/mol. The van der Waals surface area contributed by atoms with E-state index in [4.69, 9.17) is 39.5 Å². The van der Waals surface area contributed by atoms with Crippen LogP contribution in [0.25, 0.3) is 0 Å². The summed E-state index contributed by atoms with van der Waals surface area (Å²) in [5, 5.41) is 4.70. The van der Waals surface area contributed by atoms with Crippen LogP contribution in [0.15, 0.2) is 6.07 Å². The van der Waals surface area contributed by atoms with Crippen molar-refractivity contribution in [3.8, 4) is 5.75 Å². The Hall–Kier alpha value is -0.150. The van der Waals surface area contributed by atoms with E-state index < -0.39 is 0 Å². The molecule has 1 aliphatic rings. The number of halogens is 3. The third kappa shape index (κ3) is 2.37. The molecule has 1 aromatic rings. The first-order valence-corrected chi connectivity index (χ1v) is 6.53. The second kappa shape index (κ2) is 4.51. The maximum atomic E-state index is 6.24. The molecule has 17 heavy (non-hydrogen) atoms. The smallest absolute Gasteiger partial charge is 0.145 e. The number of benzene rings is 1. The number of nitrogens with one attached hydrogen (secondary N) is 1. The van der Waals surface area contributed by atoms with Gasteiger partial charge in [-0.05, 0) is 27.0 Å². The van der Waals surface area contributed by atoms with Crippen molar-refractivity contribution in [2.45, 2.75) is 31.9 Å². The SMILES string of the molecule is CNC1CC(C)(C)Oc2c(Cl)cc(Cl)c(Cl)c21. The van der Waals surface area contributed by atoms with E-state index in [1.54, 1.807) is 6.07 Å². The molecule has 1 unspecified atom stereocenters. The molecule has 1 atom stereocenters. The number of rotatable bonds is 1. The van der Waals surface area contributed by atoms with E-state index >= 15 is 0 Å². The van der Waals surface area contributed by atoms with Crippen molar-refractivity contribution < 1.29 is 4.74 Å². The molecule has 0 radical (unpaired) electrons. The highest BCUT2D eigenvalue weighted by Crippen LogP contribution is 2.48. The summed E-state index contributed by atoms with van der Waals surface area (Å²) in [4.78, 5) is 0. The van der Waals surface area contributed by atoms with Gasteiger partial charge >= 0.3 is 0 Å². The number of hydrogen-bond donors (Lipinski definition) is 1. The number of hydrogen-bond acceptors (Lipinski definition) is 2.